The first kappa shape index (κ1) is 17.9. The molecule has 0 atom stereocenters. The molecule has 3 rings (SSSR count). The van der Waals surface area contributed by atoms with Crippen LogP contribution in [0.5, 0.6) is 0 Å². The third-order valence-electron chi connectivity index (χ3n) is 4.31. The molecule has 0 bridgehead atoms. The molecule has 6 heteroatoms. The van der Waals surface area contributed by atoms with E-state index >= 15 is 0 Å². The first-order valence-electron chi connectivity index (χ1n) is 8.68. The first-order valence-corrected chi connectivity index (χ1v) is 8.68. The Morgan fingerprint density at radius 1 is 1.15 bits per heavy atom. The Hall–Kier alpha value is -2.86. The van der Waals surface area contributed by atoms with Crippen molar-refractivity contribution < 1.29 is 14.3 Å². The van der Waals surface area contributed by atoms with Gasteiger partial charge in [0.1, 0.15) is 0 Å². The molecule has 0 aromatic heterocycles. The fraction of sp³-hybridized carbons (Fsp3) is 0.300. The summed E-state index contributed by atoms with van der Waals surface area (Å²) < 4.78 is 4.91. The van der Waals surface area contributed by atoms with Gasteiger partial charge in [0.05, 0.1) is 13.2 Å². The Balaban J connectivity index is 1.72. The molecule has 1 aliphatic heterocycles. The molecule has 2 aromatic rings. The number of carbonyl (C=O) groups is 2. The van der Waals surface area contributed by atoms with Gasteiger partial charge in [-0.3, -0.25) is 4.79 Å². The number of amides is 3. The van der Waals surface area contributed by atoms with Gasteiger partial charge in [0, 0.05) is 31.5 Å². The Kier molecular flexibility index (Phi) is 5.86. The van der Waals surface area contributed by atoms with Crippen LogP contribution in [0.25, 0.3) is 0 Å². The van der Waals surface area contributed by atoms with Crippen LogP contribution in [-0.2, 0) is 22.5 Å². The number of methoxy groups -OCH3 is 1. The number of anilines is 2. The van der Waals surface area contributed by atoms with Crippen LogP contribution in [0.2, 0.25) is 0 Å². The van der Waals surface area contributed by atoms with Crippen molar-refractivity contribution in [2.24, 2.45) is 0 Å². The third-order valence-corrected chi connectivity index (χ3v) is 4.31. The van der Waals surface area contributed by atoms with Crippen molar-refractivity contribution in [2.75, 3.05) is 30.5 Å². The summed E-state index contributed by atoms with van der Waals surface area (Å²) in [6.07, 6.45) is 1.16. The second kappa shape index (κ2) is 8.49. The lowest BCUT2D eigenvalue weighted by molar-refractivity contribution is -0.119. The third kappa shape index (κ3) is 4.40. The zero-order valence-corrected chi connectivity index (χ0v) is 14.8. The second-order valence-corrected chi connectivity index (χ2v) is 6.18. The highest BCUT2D eigenvalue weighted by Crippen LogP contribution is 2.31. The minimum absolute atomic E-state index is 0.124. The van der Waals surface area contributed by atoms with Gasteiger partial charge in [-0.05, 0) is 35.7 Å². The van der Waals surface area contributed by atoms with Gasteiger partial charge in [-0.1, -0.05) is 30.3 Å². The van der Waals surface area contributed by atoms with Crippen LogP contribution in [0.15, 0.2) is 48.5 Å². The highest BCUT2D eigenvalue weighted by molar-refractivity contribution is 5.97. The van der Waals surface area contributed by atoms with Crippen LogP contribution in [0.3, 0.4) is 0 Å². The van der Waals surface area contributed by atoms with Gasteiger partial charge in [0.25, 0.3) is 0 Å². The summed E-state index contributed by atoms with van der Waals surface area (Å²) in [5.74, 6) is 0.124. The highest BCUT2D eigenvalue weighted by atomic mass is 16.5. The normalized spacial score (nSPS) is 13.3. The SMILES string of the molecule is COCCNC(=O)Nc1ccc2c(c1)CCC(=O)N2Cc1ccccc1. The molecule has 0 unspecified atom stereocenters. The van der Waals surface area contributed by atoms with Crippen LogP contribution in [0, 0.1) is 0 Å². The topological polar surface area (TPSA) is 70.7 Å². The molecule has 3 amide bonds. The van der Waals surface area contributed by atoms with Crippen LogP contribution in [0.1, 0.15) is 17.5 Å². The van der Waals surface area contributed by atoms with E-state index in [0.29, 0.717) is 38.2 Å². The molecular formula is C20H23N3O3. The molecular weight excluding hydrogens is 330 g/mol. The number of aryl methyl sites for hydroxylation is 1. The maximum absolute atomic E-state index is 12.4. The Bertz CT molecular complexity index is 777. The molecule has 1 aliphatic rings. The molecule has 2 aromatic carbocycles. The molecule has 0 aliphatic carbocycles. The molecule has 6 nitrogen and oxygen atoms in total. The van der Waals surface area contributed by atoms with Gasteiger partial charge in [0.15, 0.2) is 0 Å². The fourth-order valence-corrected chi connectivity index (χ4v) is 3.02. The molecule has 1 heterocycles. The van der Waals surface area contributed by atoms with Crippen molar-refractivity contribution in [3.63, 3.8) is 0 Å². The van der Waals surface area contributed by atoms with Crippen molar-refractivity contribution in [1.29, 1.82) is 0 Å². The van der Waals surface area contributed by atoms with E-state index < -0.39 is 0 Å². The number of rotatable bonds is 6. The summed E-state index contributed by atoms with van der Waals surface area (Å²) in [6.45, 7) is 1.47. The molecule has 136 valence electrons. The summed E-state index contributed by atoms with van der Waals surface area (Å²) in [5, 5.41) is 5.54. The minimum Gasteiger partial charge on any atom is -0.383 e. The van der Waals surface area contributed by atoms with Crippen LogP contribution < -0.4 is 15.5 Å². The van der Waals surface area contributed by atoms with Gasteiger partial charge in [-0.15, -0.1) is 0 Å². The van der Waals surface area contributed by atoms with Crippen molar-refractivity contribution in [1.82, 2.24) is 5.32 Å². The quantitative estimate of drug-likeness (QED) is 0.785. The zero-order chi connectivity index (χ0) is 18.4. The number of urea groups is 1. The maximum atomic E-state index is 12.4. The van der Waals surface area contributed by atoms with E-state index in [0.717, 1.165) is 16.8 Å². The number of benzene rings is 2. The van der Waals surface area contributed by atoms with Gasteiger partial charge in [0.2, 0.25) is 5.91 Å². The van der Waals surface area contributed by atoms with Crippen LogP contribution in [-0.4, -0.2) is 32.2 Å². The van der Waals surface area contributed by atoms with Crippen LogP contribution >= 0.6 is 0 Å². The van der Waals surface area contributed by atoms with Gasteiger partial charge in [-0.25, -0.2) is 4.79 Å². The molecule has 0 fully saturated rings. The summed E-state index contributed by atoms with van der Waals surface area (Å²) in [7, 11) is 1.59. The molecule has 26 heavy (non-hydrogen) atoms. The number of carbonyl (C=O) groups excluding carboxylic acids is 2. The molecule has 0 saturated heterocycles. The number of nitrogens with one attached hydrogen (secondary N) is 2. The van der Waals surface area contributed by atoms with Crippen LogP contribution in [0.4, 0.5) is 16.2 Å². The molecule has 0 radical (unpaired) electrons. The average molecular weight is 353 g/mol. The van der Waals surface area contributed by atoms with E-state index in [-0.39, 0.29) is 11.9 Å². The second-order valence-electron chi connectivity index (χ2n) is 6.18. The first-order chi connectivity index (χ1) is 12.7. The average Bonchev–Trinajstić information content (AvgIpc) is 2.65. The smallest absolute Gasteiger partial charge is 0.319 e. The van der Waals surface area contributed by atoms with E-state index in [1.54, 1.807) is 7.11 Å². The number of nitrogens with zero attached hydrogens (tertiary/aromatic N) is 1. The largest absolute Gasteiger partial charge is 0.383 e. The van der Waals surface area contributed by atoms with Crippen molar-refractivity contribution in [3.8, 4) is 0 Å². The predicted molar refractivity (Wildman–Crippen MR) is 101 cm³/mol. The van der Waals surface area contributed by atoms with Crippen molar-refractivity contribution in [2.45, 2.75) is 19.4 Å². The Morgan fingerprint density at radius 3 is 2.73 bits per heavy atom. The van der Waals surface area contributed by atoms with Gasteiger partial charge >= 0.3 is 6.03 Å². The summed E-state index contributed by atoms with van der Waals surface area (Å²) in [4.78, 5) is 26.1. The molecule has 2 N–H and O–H groups in total. The van der Waals surface area contributed by atoms with Gasteiger partial charge in [-0.2, -0.15) is 0 Å². The fourth-order valence-electron chi connectivity index (χ4n) is 3.02. The van der Waals surface area contributed by atoms with Gasteiger partial charge < -0.3 is 20.3 Å². The molecule has 0 saturated carbocycles. The Labute approximate surface area is 153 Å². The minimum atomic E-state index is -0.268. The lowest BCUT2D eigenvalue weighted by Gasteiger charge is -2.30. The summed E-state index contributed by atoms with van der Waals surface area (Å²) in [5.41, 5.74) is 3.78. The monoisotopic (exact) mass is 353 g/mol. The maximum Gasteiger partial charge on any atom is 0.319 e. The number of ether oxygens (including phenoxy) is 1. The zero-order valence-electron chi connectivity index (χ0n) is 14.8. The van der Waals surface area contributed by atoms with E-state index in [9.17, 15) is 9.59 Å². The predicted octanol–water partition coefficient (Wildman–Crippen LogP) is 2.93. The van der Waals surface area contributed by atoms with E-state index in [2.05, 4.69) is 10.6 Å². The number of fused-ring (bicyclic) bond motifs is 1. The number of hydrogen-bond donors (Lipinski definition) is 2. The standard InChI is InChI=1S/C20H23N3O3/c1-26-12-11-21-20(25)22-17-8-9-18-16(13-17)7-10-19(24)23(18)14-15-5-3-2-4-6-15/h2-6,8-9,13H,7,10-12,14H2,1H3,(H2,21,22,25). The molecule has 0 spiro atoms. The van der Waals surface area contributed by atoms with E-state index in [4.69, 9.17) is 4.74 Å². The lowest BCUT2D eigenvalue weighted by atomic mass is 9.99. The van der Waals surface area contributed by atoms with Crippen molar-refractivity contribution in [3.05, 3.63) is 59.7 Å². The van der Waals surface area contributed by atoms with Crippen molar-refractivity contribution >= 4 is 23.3 Å². The van der Waals surface area contributed by atoms with E-state index in [1.165, 1.54) is 0 Å². The summed E-state index contributed by atoms with van der Waals surface area (Å²) in [6, 6.07) is 15.3. The number of hydrogen-bond acceptors (Lipinski definition) is 3. The Morgan fingerprint density at radius 2 is 1.96 bits per heavy atom. The summed E-state index contributed by atoms with van der Waals surface area (Å²) >= 11 is 0. The highest BCUT2D eigenvalue weighted by Gasteiger charge is 2.24. The van der Waals surface area contributed by atoms with E-state index in [1.807, 2.05) is 53.4 Å². The lowest BCUT2D eigenvalue weighted by Crippen LogP contribution is -2.35.